The highest BCUT2D eigenvalue weighted by Gasteiger charge is 2.46. The lowest BCUT2D eigenvalue weighted by atomic mass is 9.94. The molecular weight excluding hydrogens is 483 g/mol. The molecule has 0 spiro atoms. The number of pyridine rings is 1. The van der Waals surface area contributed by atoms with Crippen LogP contribution in [0, 0.1) is 12.7 Å². The Morgan fingerprint density at radius 1 is 0.974 bits per heavy atom. The number of rotatable bonds is 7. The number of hydrogen-bond acceptors (Lipinski definition) is 5. The smallest absolute Gasteiger partial charge is 0.295 e. The van der Waals surface area contributed by atoms with Crippen molar-refractivity contribution in [3.63, 3.8) is 0 Å². The molecule has 1 aliphatic heterocycles. The molecule has 3 aromatic carbocycles. The molecule has 1 aliphatic rings. The minimum Gasteiger partial charge on any atom is -0.507 e. The summed E-state index contributed by atoms with van der Waals surface area (Å²) < 4.78 is 19.7. The zero-order chi connectivity index (χ0) is 26.6. The largest absolute Gasteiger partial charge is 0.507 e. The molecule has 4 aromatic rings. The van der Waals surface area contributed by atoms with Crippen LogP contribution in [0.3, 0.4) is 0 Å². The van der Waals surface area contributed by atoms with Gasteiger partial charge in [0.05, 0.1) is 11.6 Å². The number of aliphatic hydroxyl groups excluding tert-OH is 1. The van der Waals surface area contributed by atoms with Crippen LogP contribution in [0.25, 0.3) is 5.76 Å². The summed E-state index contributed by atoms with van der Waals surface area (Å²) in [5, 5.41) is 11.4. The summed E-state index contributed by atoms with van der Waals surface area (Å²) >= 11 is 0. The Labute approximate surface area is 219 Å². The number of carbonyl (C=O) groups is 2. The molecule has 190 valence electrons. The van der Waals surface area contributed by atoms with Crippen LogP contribution in [-0.2, 0) is 22.7 Å². The van der Waals surface area contributed by atoms with Crippen molar-refractivity contribution < 1.29 is 23.8 Å². The van der Waals surface area contributed by atoms with Gasteiger partial charge in [0.2, 0.25) is 0 Å². The maximum absolute atomic E-state index is 13.7. The average molecular weight is 509 g/mol. The van der Waals surface area contributed by atoms with Gasteiger partial charge in [-0.25, -0.2) is 4.39 Å². The normalized spacial score (nSPS) is 16.6. The molecular formula is C31H25FN2O4. The molecule has 0 radical (unpaired) electrons. The standard InChI is InChI=1S/C31H25FN2O4/c1-20-16-24(11-14-26(20)38-19-21-6-3-2-4-7-21)29(35)27-28(23-9-12-25(32)13-10-23)34(31(37)30(27)36)18-22-8-5-15-33-17-22/h2-17,28,35H,18-19H2,1H3. The van der Waals surface area contributed by atoms with Crippen molar-refractivity contribution in [1.29, 1.82) is 0 Å². The maximum atomic E-state index is 13.7. The second-order valence-electron chi connectivity index (χ2n) is 9.09. The zero-order valence-electron chi connectivity index (χ0n) is 20.7. The first-order valence-corrected chi connectivity index (χ1v) is 12.1. The lowest BCUT2D eigenvalue weighted by Gasteiger charge is -2.25. The van der Waals surface area contributed by atoms with E-state index in [1.54, 1.807) is 42.7 Å². The molecule has 1 atom stereocenters. The Bertz CT molecular complexity index is 1500. The second kappa shape index (κ2) is 10.7. The third-order valence-electron chi connectivity index (χ3n) is 6.49. The van der Waals surface area contributed by atoms with Gasteiger partial charge in [0.25, 0.3) is 11.7 Å². The predicted molar refractivity (Wildman–Crippen MR) is 140 cm³/mol. The van der Waals surface area contributed by atoms with Crippen molar-refractivity contribution >= 4 is 17.4 Å². The van der Waals surface area contributed by atoms with Gasteiger partial charge in [-0.05, 0) is 65.6 Å². The minimum atomic E-state index is -0.898. The lowest BCUT2D eigenvalue weighted by Crippen LogP contribution is -2.29. The molecule has 0 saturated carbocycles. The summed E-state index contributed by atoms with van der Waals surface area (Å²) in [6.07, 6.45) is 3.23. The number of Topliss-reactive ketones (excluding diaryl/α,β-unsaturated/α-hetero) is 1. The Morgan fingerprint density at radius 2 is 1.71 bits per heavy atom. The number of nitrogens with zero attached hydrogens (tertiary/aromatic N) is 2. The van der Waals surface area contributed by atoms with Crippen LogP contribution in [0.1, 0.15) is 33.9 Å². The maximum Gasteiger partial charge on any atom is 0.295 e. The summed E-state index contributed by atoms with van der Waals surface area (Å²) in [5.41, 5.74) is 3.33. The van der Waals surface area contributed by atoms with E-state index in [4.69, 9.17) is 4.74 Å². The zero-order valence-corrected chi connectivity index (χ0v) is 20.7. The average Bonchev–Trinajstić information content (AvgIpc) is 3.18. The van der Waals surface area contributed by atoms with Gasteiger partial charge in [-0.15, -0.1) is 0 Å². The Morgan fingerprint density at radius 3 is 2.39 bits per heavy atom. The van der Waals surface area contributed by atoms with Crippen LogP contribution in [0.2, 0.25) is 0 Å². The van der Waals surface area contributed by atoms with Crippen molar-refractivity contribution in [2.45, 2.75) is 26.1 Å². The van der Waals surface area contributed by atoms with Crippen molar-refractivity contribution in [1.82, 2.24) is 9.88 Å². The minimum absolute atomic E-state index is 0.0529. The predicted octanol–water partition coefficient (Wildman–Crippen LogP) is 5.73. The number of hydrogen-bond donors (Lipinski definition) is 1. The lowest BCUT2D eigenvalue weighted by molar-refractivity contribution is -0.140. The number of carbonyl (C=O) groups excluding carboxylic acids is 2. The van der Waals surface area contributed by atoms with Crippen molar-refractivity contribution in [3.05, 3.63) is 137 Å². The van der Waals surface area contributed by atoms with E-state index in [-0.39, 0.29) is 17.9 Å². The SMILES string of the molecule is Cc1cc(C(O)=C2C(=O)C(=O)N(Cc3cccnc3)C2c2ccc(F)cc2)ccc1OCc1ccccc1. The summed E-state index contributed by atoms with van der Waals surface area (Å²) in [7, 11) is 0. The Hall–Kier alpha value is -4.78. The van der Waals surface area contributed by atoms with Gasteiger partial charge >= 0.3 is 0 Å². The van der Waals surface area contributed by atoms with Crippen LogP contribution in [-0.4, -0.2) is 26.7 Å². The van der Waals surface area contributed by atoms with Crippen LogP contribution < -0.4 is 4.74 Å². The Kier molecular flexibility index (Phi) is 7.00. The molecule has 38 heavy (non-hydrogen) atoms. The molecule has 7 heteroatoms. The van der Waals surface area contributed by atoms with Gasteiger partial charge in [-0.3, -0.25) is 14.6 Å². The fraction of sp³-hybridized carbons (Fsp3) is 0.129. The number of likely N-dealkylation sites (tertiary alicyclic amines) is 1. The van der Waals surface area contributed by atoms with E-state index in [9.17, 15) is 19.1 Å². The summed E-state index contributed by atoms with van der Waals surface area (Å²) in [4.78, 5) is 31.9. The van der Waals surface area contributed by atoms with E-state index >= 15 is 0 Å². The molecule has 1 amide bonds. The van der Waals surface area contributed by atoms with Gasteiger partial charge in [-0.1, -0.05) is 48.5 Å². The molecule has 1 N–H and O–H groups in total. The first-order chi connectivity index (χ1) is 18.4. The van der Waals surface area contributed by atoms with Crippen molar-refractivity contribution in [2.24, 2.45) is 0 Å². The number of amides is 1. The first-order valence-electron chi connectivity index (χ1n) is 12.1. The van der Waals surface area contributed by atoms with E-state index in [1.807, 2.05) is 37.3 Å². The highest BCUT2D eigenvalue weighted by atomic mass is 19.1. The number of aryl methyl sites for hydroxylation is 1. The number of benzene rings is 3. The molecule has 1 aromatic heterocycles. The van der Waals surface area contributed by atoms with Crippen molar-refractivity contribution in [3.8, 4) is 5.75 Å². The van der Waals surface area contributed by atoms with Crippen LogP contribution in [0.5, 0.6) is 5.75 Å². The molecule has 5 rings (SSSR count). The molecule has 2 heterocycles. The summed E-state index contributed by atoms with van der Waals surface area (Å²) in [5.74, 6) is -1.66. The quantitative estimate of drug-likeness (QED) is 0.196. The van der Waals surface area contributed by atoms with Gasteiger partial charge in [0.15, 0.2) is 0 Å². The fourth-order valence-corrected chi connectivity index (χ4v) is 4.57. The summed E-state index contributed by atoms with van der Waals surface area (Å²) in [6, 6.07) is 23.0. The van der Waals surface area contributed by atoms with Gasteiger partial charge in [0, 0.05) is 24.5 Å². The van der Waals surface area contributed by atoms with Gasteiger partial charge in [0.1, 0.15) is 23.9 Å². The van der Waals surface area contributed by atoms with E-state index in [0.29, 0.717) is 23.5 Å². The topological polar surface area (TPSA) is 79.7 Å². The second-order valence-corrected chi connectivity index (χ2v) is 9.09. The van der Waals surface area contributed by atoms with E-state index in [0.717, 1.165) is 16.7 Å². The van der Waals surface area contributed by atoms with Gasteiger partial charge in [-0.2, -0.15) is 0 Å². The molecule has 0 aliphatic carbocycles. The highest BCUT2D eigenvalue weighted by molar-refractivity contribution is 6.46. The number of halogens is 1. The van der Waals surface area contributed by atoms with E-state index < -0.39 is 23.5 Å². The third kappa shape index (κ3) is 5.04. The van der Waals surface area contributed by atoms with Crippen LogP contribution in [0.15, 0.2) is 103 Å². The first kappa shape index (κ1) is 24.9. The monoisotopic (exact) mass is 508 g/mol. The molecule has 6 nitrogen and oxygen atoms in total. The fourth-order valence-electron chi connectivity index (χ4n) is 4.57. The number of aromatic nitrogens is 1. The molecule has 1 unspecified atom stereocenters. The highest BCUT2D eigenvalue weighted by Crippen LogP contribution is 2.40. The van der Waals surface area contributed by atoms with Crippen LogP contribution >= 0.6 is 0 Å². The third-order valence-corrected chi connectivity index (χ3v) is 6.49. The molecule has 1 saturated heterocycles. The Balaban J connectivity index is 1.51. The number of ketones is 1. The molecule has 1 fully saturated rings. The van der Waals surface area contributed by atoms with Gasteiger partial charge < -0.3 is 14.7 Å². The molecule has 0 bridgehead atoms. The van der Waals surface area contributed by atoms with Crippen molar-refractivity contribution in [2.75, 3.05) is 0 Å². The number of ether oxygens (including phenoxy) is 1. The number of aliphatic hydroxyl groups is 1. The van der Waals surface area contributed by atoms with E-state index in [1.165, 1.54) is 29.2 Å². The van der Waals surface area contributed by atoms with E-state index in [2.05, 4.69) is 4.98 Å². The summed E-state index contributed by atoms with van der Waals surface area (Å²) in [6.45, 7) is 2.33. The van der Waals surface area contributed by atoms with Crippen LogP contribution in [0.4, 0.5) is 4.39 Å².